The predicted octanol–water partition coefficient (Wildman–Crippen LogP) is 3.23. The fraction of sp³-hybridized carbons (Fsp3) is 0.353. The van der Waals surface area contributed by atoms with Crippen LogP contribution in [0.5, 0.6) is 5.75 Å². The maximum atomic E-state index is 11.8. The molecular weight excluding hydrogens is 296 g/mol. The van der Waals surface area contributed by atoms with Crippen molar-refractivity contribution in [2.75, 3.05) is 6.61 Å². The SMILES string of the molecule is Cc1ccc(OCCCCn2c(C)c([N+](=O)[O-])ccc2=O)cc1. The lowest BCUT2D eigenvalue weighted by molar-refractivity contribution is -0.386. The standard InChI is InChI=1S/C17H20N2O4/c1-13-5-7-15(8-6-13)23-12-4-3-11-18-14(2)16(19(21)22)9-10-17(18)20/h5-10H,3-4,11-12H2,1-2H3. The molecule has 0 aliphatic rings. The minimum absolute atomic E-state index is 0.0273. The zero-order chi connectivity index (χ0) is 16.8. The maximum Gasteiger partial charge on any atom is 0.288 e. The molecule has 0 fully saturated rings. The Morgan fingerprint density at radius 2 is 1.78 bits per heavy atom. The van der Waals surface area contributed by atoms with Gasteiger partial charge < -0.3 is 9.30 Å². The van der Waals surface area contributed by atoms with Crippen LogP contribution in [0.4, 0.5) is 5.69 Å². The van der Waals surface area contributed by atoms with Gasteiger partial charge in [-0.1, -0.05) is 17.7 Å². The van der Waals surface area contributed by atoms with Crippen LogP contribution in [0, 0.1) is 24.0 Å². The van der Waals surface area contributed by atoms with E-state index in [0.717, 1.165) is 12.2 Å². The lowest BCUT2D eigenvalue weighted by atomic mass is 10.2. The molecule has 6 nitrogen and oxygen atoms in total. The van der Waals surface area contributed by atoms with Gasteiger partial charge in [-0.05, 0) is 38.8 Å². The van der Waals surface area contributed by atoms with Crippen LogP contribution in [0.3, 0.4) is 0 Å². The largest absolute Gasteiger partial charge is 0.494 e. The first-order valence-electron chi connectivity index (χ1n) is 7.53. The number of rotatable bonds is 7. The van der Waals surface area contributed by atoms with Gasteiger partial charge >= 0.3 is 0 Å². The molecular formula is C17H20N2O4. The van der Waals surface area contributed by atoms with Crippen molar-refractivity contribution < 1.29 is 9.66 Å². The second-order valence-electron chi connectivity index (χ2n) is 5.42. The topological polar surface area (TPSA) is 74.4 Å². The van der Waals surface area contributed by atoms with Crippen molar-refractivity contribution in [3.8, 4) is 5.75 Å². The number of benzene rings is 1. The second kappa shape index (κ2) is 7.58. The third-order valence-corrected chi connectivity index (χ3v) is 3.69. The quantitative estimate of drug-likeness (QED) is 0.446. The van der Waals surface area contributed by atoms with Crippen LogP contribution in [-0.2, 0) is 6.54 Å². The van der Waals surface area contributed by atoms with Crippen LogP contribution in [0.1, 0.15) is 24.1 Å². The molecule has 122 valence electrons. The molecule has 0 N–H and O–H groups in total. The molecule has 0 radical (unpaired) electrons. The number of nitro groups is 1. The van der Waals surface area contributed by atoms with Crippen LogP contribution in [0.15, 0.2) is 41.2 Å². The summed E-state index contributed by atoms with van der Waals surface area (Å²) in [4.78, 5) is 22.3. The monoisotopic (exact) mass is 316 g/mol. The minimum Gasteiger partial charge on any atom is -0.494 e. The lowest BCUT2D eigenvalue weighted by Crippen LogP contribution is -2.22. The Morgan fingerprint density at radius 1 is 1.09 bits per heavy atom. The highest BCUT2D eigenvalue weighted by Crippen LogP contribution is 2.15. The first-order chi connectivity index (χ1) is 11.0. The van der Waals surface area contributed by atoms with Crippen molar-refractivity contribution in [2.24, 2.45) is 0 Å². The second-order valence-corrected chi connectivity index (χ2v) is 5.42. The van der Waals surface area contributed by atoms with E-state index in [2.05, 4.69) is 0 Å². The molecule has 0 unspecified atom stereocenters. The van der Waals surface area contributed by atoms with E-state index in [9.17, 15) is 14.9 Å². The summed E-state index contributed by atoms with van der Waals surface area (Å²) in [6.07, 6.45) is 1.48. The third-order valence-electron chi connectivity index (χ3n) is 3.69. The summed E-state index contributed by atoms with van der Waals surface area (Å²) in [6, 6.07) is 10.3. The molecule has 2 aromatic rings. The Kier molecular flexibility index (Phi) is 5.51. The van der Waals surface area contributed by atoms with Crippen molar-refractivity contribution in [2.45, 2.75) is 33.2 Å². The predicted molar refractivity (Wildman–Crippen MR) is 88.0 cm³/mol. The van der Waals surface area contributed by atoms with Crippen molar-refractivity contribution in [3.05, 3.63) is 68.1 Å². The molecule has 0 atom stereocenters. The first kappa shape index (κ1) is 16.7. The number of hydrogen-bond acceptors (Lipinski definition) is 4. The van der Waals surface area contributed by atoms with Crippen LogP contribution in [0.25, 0.3) is 0 Å². The summed E-state index contributed by atoms with van der Waals surface area (Å²) >= 11 is 0. The highest BCUT2D eigenvalue weighted by molar-refractivity contribution is 5.34. The van der Waals surface area contributed by atoms with Crippen molar-refractivity contribution in [1.29, 1.82) is 0 Å². The van der Waals surface area contributed by atoms with E-state index in [1.165, 1.54) is 22.3 Å². The molecule has 0 spiro atoms. The van der Waals surface area contributed by atoms with Gasteiger partial charge in [0.1, 0.15) is 5.75 Å². The smallest absolute Gasteiger partial charge is 0.288 e. The van der Waals surface area contributed by atoms with E-state index >= 15 is 0 Å². The normalized spacial score (nSPS) is 10.5. The van der Waals surface area contributed by atoms with Crippen LogP contribution in [-0.4, -0.2) is 16.1 Å². The fourth-order valence-corrected chi connectivity index (χ4v) is 2.33. The average molecular weight is 316 g/mol. The summed E-state index contributed by atoms with van der Waals surface area (Å²) < 4.78 is 7.07. The van der Waals surface area contributed by atoms with Gasteiger partial charge in [-0.25, -0.2) is 0 Å². The van der Waals surface area contributed by atoms with Crippen molar-refractivity contribution >= 4 is 5.69 Å². The van der Waals surface area contributed by atoms with Gasteiger partial charge in [0.05, 0.1) is 17.2 Å². The summed E-state index contributed by atoms with van der Waals surface area (Å²) in [7, 11) is 0. The van der Waals surface area contributed by atoms with Gasteiger partial charge in [-0.15, -0.1) is 0 Å². The van der Waals surface area contributed by atoms with E-state index < -0.39 is 4.92 Å². The highest BCUT2D eigenvalue weighted by atomic mass is 16.6. The number of unbranched alkanes of at least 4 members (excludes halogenated alkanes) is 1. The summed E-state index contributed by atoms with van der Waals surface area (Å²) in [5.74, 6) is 0.819. The molecule has 1 heterocycles. The first-order valence-corrected chi connectivity index (χ1v) is 7.53. The molecule has 0 amide bonds. The van der Waals surface area contributed by atoms with Gasteiger partial charge in [-0.2, -0.15) is 0 Å². The average Bonchev–Trinajstić information content (AvgIpc) is 2.51. The van der Waals surface area contributed by atoms with Gasteiger partial charge in [0.15, 0.2) is 0 Å². The van der Waals surface area contributed by atoms with E-state index in [-0.39, 0.29) is 11.2 Å². The van der Waals surface area contributed by atoms with E-state index in [4.69, 9.17) is 4.74 Å². The summed E-state index contributed by atoms with van der Waals surface area (Å²) in [6.45, 7) is 4.61. The molecule has 0 aliphatic heterocycles. The number of pyridine rings is 1. The van der Waals surface area contributed by atoms with E-state index in [0.29, 0.717) is 25.3 Å². The fourth-order valence-electron chi connectivity index (χ4n) is 2.33. The number of aromatic nitrogens is 1. The van der Waals surface area contributed by atoms with E-state index in [1.807, 2.05) is 31.2 Å². The molecule has 0 bridgehead atoms. The molecule has 0 aliphatic carbocycles. The molecule has 0 saturated heterocycles. The zero-order valence-electron chi connectivity index (χ0n) is 13.3. The van der Waals surface area contributed by atoms with Crippen LogP contribution < -0.4 is 10.3 Å². The Balaban J connectivity index is 1.87. The van der Waals surface area contributed by atoms with Gasteiger partial charge in [0.2, 0.25) is 0 Å². The van der Waals surface area contributed by atoms with E-state index in [1.54, 1.807) is 6.92 Å². The minimum atomic E-state index is -0.466. The molecule has 1 aromatic carbocycles. The number of aryl methyl sites for hydroxylation is 1. The molecule has 1 aromatic heterocycles. The van der Waals surface area contributed by atoms with Crippen LogP contribution >= 0.6 is 0 Å². The molecule has 6 heteroatoms. The third kappa shape index (κ3) is 4.42. The molecule has 0 saturated carbocycles. The molecule has 23 heavy (non-hydrogen) atoms. The van der Waals surface area contributed by atoms with Crippen molar-refractivity contribution in [1.82, 2.24) is 4.57 Å². The maximum absolute atomic E-state index is 11.8. The van der Waals surface area contributed by atoms with Gasteiger partial charge in [0.25, 0.3) is 11.2 Å². The lowest BCUT2D eigenvalue weighted by Gasteiger charge is -2.10. The van der Waals surface area contributed by atoms with Crippen LogP contribution in [0.2, 0.25) is 0 Å². The highest BCUT2D eigenvalue weighted by Gasteiger charge is 2.14. The van der Waals surface area contributed by atoms with Gasteiger partial charge in [0, 0.05) is 18.7 Å². The number of hydrogen-bond donors (Lipinski definition) is 0. The Morgan fingerprint density at radius 3 is 2.43 bits per heavy atom. The summed E-state index contributed by atoms with van der Waals surface area (Å²) in [5, 5.41) is 10.9. The Hall–Kier alpha value is -2.63. The zero-order valence-corrected chi connectivity index (χ0v) is 13.3. The Bertz CT molecular complexity index is 735. The summed E-state index contributed by atoms with van der Waals surface area (Å²) in [5.41, 5.74) is 1.33. The number of nitrogens with zero attached hydrogens (tertiary/aromatic N) is 2. The number of ether oxygens (including phenoxy) is 1. The molecule has 2 rings (SSSR count). The van der Waals surface area contributed by atoms with Gasteiger partial charge in [-0.3, -0.25) is 14.9 Å². The van der Waals surface area contributed by atoms with Crippen molar-refractivity contribution in [3.63, 3.8) is 0 Å². The Labute approximate surface area is 134 Å².